The van der Waals surface area contributed by atoms with Crippen molar-refractivity contribution in [2.45, 2.75) is 63.1 Å². The minimum absolute atomic E-state index is 0.0578. The van der Waals surface area contributed by atoms with E-state index in [1.165, 1.54) is 6.07 Å². The number of halogens is 1. The Morgan fingerprint density at radius 2 is 1.62 bits per heavy atom. The molecule has 6 rings (SSSR count). The molecule has 3 aliphatic rings. The molecule has 0 spiro atoms. The predicted molar refractivity (Wildman–Crippen MR) is 175 cm³/mol. The van der Waals surface area contributed by atoms with Gasteiger partial charge in [-0.1, -0.05) is 36.9 Å². The van der Waals surface area contributed by atoms with Gasteiger partial charge in [0, 0.05) is 80.6 Å². The van der Waals surface area contributed by atoms with Crippen molar-refractivity contribution in [1.29, 1.82) is 0 Å². The standard InChI is InChI=1S/C35H45FN6O2S/c1-25-21-40(35(5)14-16-39(17-15-35)28(4)33-26(2)37-24-38-27(33)3)18-19-42(25)34(29-10-9-11-31(36)20-29)30-22-41(23-30)45(43,44)32-12-7-6-8-13-32/h6-13,20,24-25,30,34H,4,14-19,21-23H2,1-3,5H3. The van der Waals surface area contributed by atoms with Gasteiger partial charge in [-0.2, -0.15) is 4.31 Å². The lowest BCUT2D eigenvalue weighted by Crippen LogP contribution is -2.64. The van der Waals surface area contributed by atoms with Gasteiger partial charge in [-0.15, -0.1) is 0 Å². The van der Waals surface area contributed by atoms with Gasteiger partial charge in [-0.05, 0) is 70.4 Å². The number of nitrogens with zero attached hydrogens (tertiary/aromatic N) is 6. The monoisotopic (exact) mass is 632 g/mol. The fraction of sp³-hybridized carbons (Fsp3) is 0.486. The molecule has 0 radical (unpaired) electrons. The minimum Gasteiger partial charge on any atom is -0.371 e. The summed E-state index contributed by atoms with van der Waals surface area (Å²) in [4.78, 5) is 16.6. The Morgan fingerprint density at radius 1 is 0.956 bits per heavy atom. The molecule has 3 aromatic rings. The van der Waals surface area contributed by atoms with E-state index in [0.29, 0.717) is 18.0 Å². The molecule has 8 nitrogen and oxygen atoms in total. The van der Waals surface area contributed by atoms with Crippen molar-refractivity contribution in [3.8, 4) is 0 Å². The highest BCUT2D eigenvalue weighted by Crippen LogP contribution is 2.41. The molecule has 45 heavy (non-hydrogen) atoms. The molecule has 2 unspecified atom stereocenters. The quantitative estimate of drug-likeness (QED) is 0.341. The average molecular weight is 633 g/mol. The topological polar surface area (TPSA) is 72.9 Å². The third-order valence-electron chi connectivity index (χ3n) is 10.4. The fourth-order valence-electron chi connectivity index (χ4n) is 7.65. The maximum absolute atomic E-state index is 14.5. The van der Waals surface area contributed by atoms with Gasteiger partial charge in [-0.25, -0.2) is 22.8 Å². The second kappa shape index (κ2) is 12.5. The van der Waals surface area contributed by atoms with Crippen molar-refractivity contribution in [3.63, 3.8) is 0 Å². The molecule has 10 heteroatoms. The maximum Gasteiger partial charge on any atom is 0.243 e. The van der Waals surface area contributed by atoms with Crippen LogP contribution in [-0.4, -0.2) is 94.8 Å². The van der Waals surface area contributed by atoms with Gasteiger partial charge in [0.15, 0.2) is 0 Å². The zero-order valence-electron chi connectivity index (χ0n) is 26.9. The van der Waals surface area contributed by atoms with Crippen LogP contribution < -0.4 is 0 Å². The lowest BCUT2D eigenvalue weighted by Gasteiger charge is -2.55. The molecule has 3 saturated heterocycles. The van der Waals surface area contributed by atoms with E-state index in [1.54, 1.807) is 47.0 Å². The van der Waals surface area contributed by atoms with Crippen LogP contribution >= 0.6 is 0 Å². The number of likely N-dealkylation sites (tertiary alicyclic amines) is 1. The average Bonchev–Trinajstić information content (AvgIpc) is 2.99. The first-order valence-electron chi connectivity index (χ1n) is 16.0. The number of piperazine rings is 1. The van der Waals surface area contributed by atoms with E-state index >= 15 is 0 Å². The smallest absolute Gasteiger partial charge is 0.243 e. The molecule has 4 heterocycles. The van der Waals surface area contributed by atoms with E-state index in [4.69, 9.17) is 0 Å². The summed E-state index contributed by atoms with van der Waals surface area (Å²) in [5.74, 6) is -0.178. The van der Waals surface area contributed by atoms with E-state index in [-0.39, 0.29) is 29.4 Å². The van der Waals surface area contributed by atoms with Crippen molar-refractivity contribution in [2.75, 3.05) is 45.8 Å². The second-order valence-corrected chi connectivity index (χ2v) is 15.2. The van der Waals surface area contributed by atoms with E-state index in [9.17, 15) is 12.8 Å². The Bertz CT molecular complexity index is 1620. The molecule has 0 aliphatic carbocycles. The number of rotatable bonds is 8. The van der Waals surface area contributed by atoms with Gasteiger partial charge in [0.2, 0.25) is 10.0 Å². The van der Waals surface area contributed by atoms with Crippen molar-refractivity contribution in [2.24, 2.45) is 5.92 Å². The summed E-state index contributed by atoms with van der Waals surface area (Å²) < 4.78 is 42.6. The van der Waals surface area contributed by atoms with Gasteiger partial charge in [0.05, 0.1) is 16.3 Å². The highest BCUT2D eigenvalue weighted by Gasteiger charge is 2.46. The molecule has 2 atom stereocenters. The third kappa shape index (κ3) is 6.17. The molecule has 240 valence electrons. The molecular weight excluding hydrogens is 587 g/mol. The Labute approximate surface area is 267 Å². The van der Waals surface area contributed by atoms with E-state index < -0.39 is 10.0 Å². The Kier molecular flexibility index (Phi) is 8.86. The molecule has 0 saturated carbocycles. The summed E-state index contributed by atoms with van der Waals surface area (Å²) in [6, 6.07) is 15.6. The number of hydrogen-bond donors (Lipinski definition) is 0. The van der Waals surface area contributed by atoms with Crippen LogP contribution in [0.1, 0.15) is 55.2 Å². The second-order valence-electron chi connectivity index (χ2n) is 13.3. The number of benzene rings is 2. The van der Waals surface area contributed by atoms with Crippen LogP contribution in [0.3, 0.4) is 0 Å². The van der Waals surface area contributed by atoms with E-state index in [0.717, 1.165) is 73.8 Å². The van der Waals surface area contributed by atoms with Crippen LogP contribution in [0.15, 0.2) is 72.4 Å². The summed E-state index contributed by atoms with van der Waals surface area (Å²) >= 11 is 0. The van der Waals surface area contributed by atoms with Crippen LogP contribution in [0.2, 0.25) is 0 Å². The summed E-state index contributed by atoms with van der Waals surface area (Å²) in [5.41, 5.74) is 4.98. The molecule has 0 amide bonds. The zero-order chi connectivity index (χ0) is 31.9. The van der Waals surface area contributed by atoms with E-state index in [1.807, 2.05) is 26.0 Å². The Hall–Kier alpha value is -3.18. The van der Waals surface area contributed by atoms with Crippen molar-refractivity contribution < 1.29 is 12.8 Å². The first-order valence-corrected chi connectivity index (χ1v) is 17.5. The molecule has 0 N–H and O–H groups in total. The fourth-order valence-corrected chi connectivity index (χ4v) is 9.23. The zero-order valence-corrected chi connectivity index (χ0v) is 27.7. The highest BCUT2D eigenvalue weighted by atomic mass is 32.2. The summed E-state index contributed by atoms with van der Waals surface area (Å²) in [5, 5.41) is 0. The first-order chi connectivity index (χ1) is 21.5. The normalized spacial score (nSPS) is 22.6. The number of aromatic nitrogens is 2. The lowest BCUT2D eigenvalue weighted by atomic mass is 9.83. The largest absolute Gasteiger partial charge is 0.371 e. The number of hydrogen-bond acceptors (Lipinski definition) is 7. The van der Waals surface area contributed by atoms with Gasteiger partial charge >= 0.3 is 0 Å². The van der Waals surface area contributed by atoms with Crippen molar-refractivity contribution in [3.05, 3.63) is 95.8 Å². The first kappa shape index (κ1) is 31.8. The van der Waals surface area contributed by atoms with Gasteiger partial charge in [0.25, 0.3) is 0 Å². The predicted octanol–water partition coefficient (Wildman–Crippen LogP) is 5.13. The SMILES string of the molecule is C=C(c1c(C)ncnc1C)N1CCC(C)(N2CCN(C(c3cccc(F)c3)C3CN(S(=O)(=O)c4ccccc4)C3)C(C)C2)CC1. The van der Waals surface area contributed by atoms with Crippen LogP contribution in [0.5, 0.6) is 0 Å². The van der Waals surface area contributed by atoms with Gasteiger partial charge < -0.3 is 4.90 Å². The van der Waals surface area contributed by atoms with Crippen LogP contribution in [-0.2, 0) is 10.0 Å². The van der Waals surface area contributed by atoms with Crippen molar-refractivity contribution in [1.82, 2.24) is 29.0 Å². The van der Waals surface area contributed by atoms with Gasteiger partial charge in [-0.3, -0.25) is 9.80 Å². The highest BCUT2D eigenvalue weighted by molar-refractivity contribution is 7.89. The number of sulfonamides is 1. The van der Waals surface area contributed by atoms with Crippen LogP contribution in [0.25, 0.3) is 5.70 Å². The summed E-state index contributed by atoms with van der Waals surface area (Å²) in [7, 11) is -3.55. The van der Waals surface area contributed by atoms with E-state index in [2.05, 4.69) is 45.1 Å². The molecule has 3 aliphatic heterocycles. The lowest BCUT2D eigenvalue weighted by molar-refractivity contribution is -0.0475. The summed E-state index contributed by atoms with van der Waals surface area (Å²) in [6.07, 6.45) is 3.68. The number of piperidine rings is 1. The maximum atomic E-state index is 14.5. The van der Waals surface area contributed by atoms with Crippen molar-refractivity contribution >= 4 is 15.7 Å². The molecular formula is C35H45FN6O2S. The van der Waals surface area contributed by atoms with Crippen LogP contribution in [0.4, 0.5) is 4.39 Å². The summed E-state index contributed by atoms with van der Waals surface area (Å²) in [6.45, 7) is 18.5. The molecule has 1 aromatic heterocycles. The van der Waals surface area contributed by atoms with Gasteiger partial charge in [0.1, 0.15) is 12.1 Å². The third-order valence-corrected chi connectivity index (χ3v) is 12.3. The molecule has 2 aromatic carbocycles. The molecule has 3 fully saturated rings. The number of aryl methyl sites for hydroxylation is 2. The Balaban J connectivity index is 1.13. The Morgan fingerprint density at radius 3 is 2.24 bits per heavy atom. The van der Waals surface area contributed by atoms with Crippen LogP contribution in [0, 0.1) is 25.6 Å². The molecule has 0 bridgehead atoms. The minimum atomic E-state index is -3.55.